The lowest BCUT2D eigenvalue weighted by atomic mass is 10.2. The summed E-state index contributed by atoms with van der Waals surface area (Å²) in [6, 6.07) is 0.400. The third-order valence-electron chi connectivity index (χ3n) is 2.24. The summed E-state index contributed by atoms with van der Waals surface area (Å²) in [5.41, 5.74) is -0.530. The molecule has 0 saturated heterocycles. The molecule has 1 atom stereocenters. The van der Waals surface area contributed by atoms with Crippen LogP contribution in [0.3, 0.4) is 0 Å². The second-order valence-corrected chi connectivity index (χ2v) is 4.10. The number of nitrogens with one attached hydrogen (secondary N) is 1. The molecule has 0 heterocycles. The van der Waals surface area contributed by atoms with E-state index in [1.165, 1.54) is 6.92 Å². The van der Waals surface area contributed by atoms with Crippen LogP contribution < -0.4 is 5.32 Å². The molecule has 1 unspecified atom stereocenters. The molecule has 1 aromatic carbocycles. The SMILES string of the molecule is CCOC(=O)C(C)NC(=O)c1cc(F)c(Cl)cc1F. The molecule has 4 nitrogen and oxygen atoms in total. The Morgan fingerprint density at radius 3 is 2.58 bits per heavy atom. The van der Waals surface area contributed by atoms with Crippen LogP contribution in [0, 0.1) is 11.6 Å². The first-order chi connectivity index (χ1) is 8.86. The minimum absolute atomic E-state index is 0.156. The average molecular weight is 292 g/mol. The summed E-state index contributed by atoms with van der Waals surface area (Å²) in [6.45, 7) is 3.14. The molecule has 0 spiro atoms. The van der Waals surface area contributed by atoms with Crippen LogP contribution in [0.2, 0.25) is 5.02 Å². The summed E-state index contributed by atoms with van der Waals surface area (Å²) in [4.78, 5) is 23.0. The second-order valence-electron chi connectivity index (χ2n) is 3.69. The van der Waals surface area contributed by atoms with Gasteiger partial charge in [-0.25, -0.2) is 13.6 Å². The molecule has 19 heavy (non-hydrogen) atoms. The Hall–Kier alpha value is -1.69. The van der Waals surface area contributed by atoms with Crippen LogP contribution >= 0.6 is 11.6 Å². The summed E-state index contributed by atoms with van der Waals surface area (Å²) in [5, 5.41) is 1.78. The molecule has 0 saturated carbocycles. The van der Waals surface area contributed by atoms with E-state index in [2.05, 4.69) is 10.1 Å². The van der Waals surface area contributed by atoms with Gasteiger partial charge in [-0.3, -0.25) is 4.79 Å². The summed E-state index contributed by atoms with van der Waals surface area (Å²) in [7, 11) is 0. The minimum Gasteiger partial charge on any atom is -0.464 e. The zero-order chi connectivity index (χ0) is 14.6. The highest BCUT2D eigenvalue weighted by Gasteiger charge is 2.21. The third kappa shape index (κ3) is 3.89. The molecule has 0 aliphatic carbocycles. The molecule has 104 valence electrons. The van der Waals surface area contributed by atoms with Crippen molar-refractivity contribution in [1.82, 2.24) is 5.32 Å². The first kappa shape index (κ1) is 15.4. The van der Waals surface area contributed by atoms with E-state index in [4.69, 9.17) is 11.6 Å². The van der Waals surface area contributed by atoms with Crippen LogP contribution in [0.25, 0.3) is 0 Å². The predicted molar refractivity (Wildman–Crippen MR) is 64.9 cm³/mol. The van der Waals surface area contributed by atoms with Crippen molar-refractivity contribution in [3.05, 3.63) is 34.4 Å². The van der Waals surface area contributed by atoms with Gasteiger partial charge in [0.25, 0.3) is 5.91 Å². The van der Waals surface area contributed by atoms with Crippen molar-refractivity contribution >= 4 is 23.5 Å². The van der Waals surface area contributed by atoms with Crippen molar-refractivity contribution in [2.24, 2.45) is 0 Å². The predicted octanol–water partition coefficient (Wildman–Crippen LogP) is 2.30. The molecule has 7 heteroatoms. The molecule has 0 aromatic heterocycles. The fourth-order valence-electron chi connectivity index (χ4n) is 1.30. The molecular formula is C12H12ClF2NO3. The van der Waals surface area contributed by atoms with E-state index in [1.54, 1.807) is 6.92 Å². The largest absolute Gasteiger partial charge is 0.464 e. The average Bonchev–Trinajstić information content (AvgIpc) is 2.33. The van der Waals surface area contributed by atoms with Crippen LogP contribution in [0.1, 0.15) is 24.2 Å². The van der Waals surface area contributed by atoms with Crippen LogP contribution in [0.5, 0.6) is 0 Å². The number of hydrogen-bond acceptors (Lipinski definition) is 3. The number of amides is 1. The Bertz CT molecular complexity index is 508. The third-order valence-corrected chi connectivity index (χ3v) is 2.53. The van der Waals surface area contributed by atoms with Crippen molar-refractivity contribution in [3.8, 4) is 0 Å². The molecule has 1 amide bonds. The molecule has 1 N–H and O–H groups in total. The summed E-state index contributed by atoms with van der Waals surface area (Å²) in [5.74, 6) is -3.48. The van der Waals surface area contributed by atoms with Crippen molar-refractivity contribution in [3.63, 3.8) is 0 Å². The molecule has 0 fully saturated rings. The maximum absolute atomic E-state index is 13.5. The number of halogens is 3. The van der Waals surface area contributed by atoms with E-state index in [-0.39, 0.29) is 6.61 Å². The maximum atomic E-state index is 13.5. The Morgan fingerprint density at radius 1 is 1.37 bits per heavy atom. The zero-order valence-corrected chi connectivity index (χ0v) is 11.1. The molecular weight excluding hydrogens is 280 g/mol. The Balaban J connectivity index is 2.84. The standard InChI is InChI=1S/C12H12ClF2NO3/c1-3-19-12(18)6(2)16-11(17)7-4-10(15)8(13)5-9(7)14/h4-6H,3H2,1-2H3,(H,16,17). The van der Waals surface area contributed by atoms with Gasteiger partial charge in [0, 0.05) is 0 Å². The molecule has 1 rings (SSSR count). The number of ether oxygens (including phenoxy) is 1. The number of rotatable bonds is 4. The first-order valence-corrected chi connectivity index (χ1v) is 5.86. The van der Waals surface area contributed by atoms with E-state index in [1.807, 2.05) is 0 Å². The van der Waals surface area contributed by atoms with Crippen molar-refractivity contribution in [2.75, 3.05) is 6.61 Å². The smallest absolute Gasteiger partial charge is 0.328 e. The Kier molecular flexibility index (Phi) is 5.23. The van der Waals surface area contributed by atoms with Gasteiger partial charge in [0.2, 0.25) is 0 Å². The van der Waals surface area contributed by atoms with Crippen molar-refractivity contribution in [1.29, 1.82) is 0 Å². The summed E-state index contributed by atoms with van der Waals surface area (Å²) < 4.78 is 31.3. The summed E-state index contributed by atoms with van der Waals surface area (Å²) in [6.07, 6.45) is 0. The van der Waals surface area contributed by atoms with Gasteiger partial charge in [-0.15, -0.1) is 0 Å². The van der Waals surface area contributed by atoms with Crippen LogP contribution in [-0.4, -0.2) is 24.5 Å². The lowest BCUT2D eigenvalue weighted by molar-refractivity contribution is -0.144. The number of esters is 1. The van der Waals surface area contributed by atoms with Gasteiger partial charge in [0.1, 0.15) is 17.7 Å². The fraction of sp³-hybridized carbons (Fsp3) is 0.333. The van der Waals surface area contributed by atoms with Crippen molar-refractivity contribution < 1.29 is 23.1 Å². The van der Waals surface area contributed by atoms with Gasteiger partial charge in [-0.2, -0.15) is 0 Å². The molecule has 1 aromatic rings. The Morgan fingerprint density at radius 2 is 2.00 bits per heavy atom. The molecule has 0 bridgehead atoms. The van der Waals surface area contributed by atoms with E-state index in [0.717, 1.165) is 0 Å². The highest BCUT2D eigenvalue weighted by atomic mass is 35.5. The molecule has 0 radical (unpaired) electrons. The van der Waals surface area contributed by atoms with Gasteiger partial charge in [0.05, 0.1) is 17.2 Å². The highest BCUT2D eigenvalue weighted by molar-refractivity contribution is 6.30. The minimum atomic E-state index is -0.972. The monoisotopic (exact) mass is 291 g/mol. The molecule has 0 aliphatic heterocycles. The normalized spacial score (nSPS) is 11.8. The maximum Gasteiger partial charge on any atom is 0.328 e. The number of benzene rings is 1. The van der Waals surface area contributed by atoms with Gasteiger partial charge >= 0.3 is 5.97 Å². The Labute approximate surface area is 113 Å². The lowest BCUT2D eigenvalue weighted by Gasteiger charge is -2.13. The highest BCUT2D eigenvalue weighted by Crippen LogP contribution is 2.19. The first-order valence-electron chi connectivity index (χ1n) is 5.48. The quantitative estimate of drug-likeness (QED) is 0.684. The fourth-order valence-corrected chi connectivity index (χ4v) is 1.45. The lowest BCUT2D eigenvalue weighted by Crippen LogP contribution is -2.39. The van der Waals surface area contributed by atoms with Gasteiger partial charge in [-0.05, 0) is 26.0 Å². The van der Waals surface area contributed by atoms with Gasteiger partial charge < -0.3 is 10.1 Å². The van der Waals surface area contributed by atoms with Crippen LogP contribution in [-0.2, 0) is 9.53 Å². The van der Waals surface area contributed by atoms with Crippen LogP contribution in [0.4, 0.5) is 8.78 Å². The number of hydrogen-bond donors (Lipinski definition) is 1. The topological polar surface area (TPSA) is 55.4 Å². The van der Waals surface area contributed by atoms with Gasteiger partial charge in [0.15, 0.2) is 0 Å². The zero-order valence-electron chi connectivity index (χ0n) is 10.3. The van der Waals surface area contributed by atoms with Crippen molar-refractivity contribution in [2.45, 2.75) is 19.9 Å². The van der Waals surface area contributed by atoms with E-state index >= 15 is 0 Å². The molecule has 0 aliphatic rings. The second kappa shape index (κ2) is 6.47. The van der Waals surface area contributed by atoms with E-state index in [0.29, 0.717) is 12.1 Å². The number of carbonyl (C=O) groups excluding carboxylic acids is 2. The number of carbonyl (C=O) groups is 2. The van der Waals surface area contributed by atoms with Crippen LogP contribution in [0.15, 0.2) is 12.1 Å². The van der Waals surface area contributed by atoms with E-state index < -0.39 is 40.1 Å². The van der Waals surface area contributed by atoms with Gasteiger partial charge in [-0.1, -0.05) is 11.6 Å². The van der Waals surface area contributed by atoms with E-state index in [9.17, 15) is 18.4 Å². The summed E-state index contributed by atoms with van der Waals surface area (Å²) >= 11 is 5.37.